The van der Waals surface area contributed by atoms with E-state index in [0.29, 0.717) is 24.5 Å². The number of carbonyl (C=O) groups is 1. The molecule has 2 aromatic carbocycles. The number of ether oxygens (including phenoxy) is 2. The topological polar surface area (TPSA) is 71.3 Å². The molecule has 0 radical (unpaired) electrons. The first kappa shape index (κ1) is 21.2. The maximum absolute atomic E-state index is 11.6. The van der Waals surface area contributed by atoms with E-state index in [1.807, 2.05) is 36.4 Å². The molecule has 0 bridgehead atoms. The molecular formula is C18H18ClIN2O3. The number of nitriles is 1. The van der Waals surface area contributed by atoms with Gasteiger partial charge in [-0.2, -0.15) is 5.26 Å². The molecule has 0 unspecified atom stereocenters. The zero-order chi connectivity index (χ0) is 17.2. The Morgan fingerprint density at radius 3 is 2.68 bits per heavy atom. The Morgan fingerprint density at radius 1 is 1.20 bits per heavy atom. The molecule has 0 aliphatic heterocycles. The maximum atomic E-state index is 11.6. The Bertz CT molecular complexity index is 720. The molecule has 1 N–H and O–H groups in total. The van der Waals surface area contributed by atoms with Gasteiger partial charge in [-0.1, -0.05) is 30.3 Å². The molecule has 7 heteroatoms. The monoisotopic (exact) mass is 472 g/mol. The van der Waals surface area contributed by atoms with Crippen LogP contribution in [0.2, 0.25) is 0 Å². The molecule has 0 fully saturated rings. The average molecular weight is 473 g/mol. The Labute approximate surface area is 166 Å². The minimum absolute atomic E-state index is 0. The van der Waals surface area contributed by atoms with Gasteiger partial charge in [-0.15, -0.1) is 12.4 Å². The van der Waals surface area contributed by atoms with Crippen molar-refractivity contribution in [2.24, 2.45) is 0 Å². The predicted octanol–water partition coefficient (Wildman–Crippen LogP) is 3.30. The summed E-state index contributed by atoms with van der Waals surface area (Å²) in [6.45, 7) is 1.31. The van der Waals surface area contributed by atoms with Gasteiger partial charge < -0.3 is 14.8 Å². The Kier molecular flexibility index (Phi) is 9.92. The van der Waals surface area contributed by atoms with Crippen molar-refractivity contribution in [2.45, 2.75) is 6.61 Å². The maximum Gasteiger partial charge on any atom is 0.320 e. The summed E-state index contributed by atoms with van der Waals surface area (Å²) in [5.41, 5.74) is 1.52. The van der Waals surface area contributed by atoms with Crippen molar-refractivity contribution in [3.63, 3.8) is 0 Å². The quantitative estimate of drug-likeness (QED) is 0.363. The lowest BCUT2D eigenvalue weighted by Crippen LogP contribution is -2.28. The number of benzene rings is 2. The molecule has 2 aromatic rings. The van der Waals surface area contributed by atoms with Crippen LogP contribution in [0.1, 0.15) is 11.1 Å². The van der Waals surface area contributed by atoms with Gasteiger partial charge in [0.1, 0.15) is 19.0 Å². The van der Waals surface area contributed by atoms with Gasteiger partial charge in [0.15, 0.2) is 0 Å². The van der Waals surface area contributed by atoms with Gasteiger partial charge in [0, 0.05) is 6.54 Å². The first-order chi connectivity index (χ1) is 11.7. The van der Waals surface area contributed by atoms with E-state index in [2.05, 4.69) is 34.0 Å². The number of hydrogen-bond acceptors (Lipinski definition) is 5. The van der Waals surface area contributed by atoms with Crippen molar-refractivity contribution in [1.82, 2.24) is 5.32 Å². The molecule has 0 saturated carbocycles. The van der Waals surface area contributed by atoms with E-state index in [9.17, 15) is 4.79 Å². The molecule has 0 spiro atoms. The lowest BCUT2D eigenvalue weighted by molar-refractivity contribution is -0.143. The van der Waals surface area contributed by atoms with E-state index < -0.39 is 0 Å². The molecule has 5 nitrogen and oxygen atoms in total. The summed E-state index contributed by atoms with van der Waals surface area (Å²) < 4.78 is 11.7. The highest BCUT2D eigenvalue weighted by atomic mass is 127. The van der Waals surface area contributed by atoms with Crippen molar-refractivity contribution in [2.75, 3.05) is 19.7 Å². The van der Waals surface area contributed by atoms with Crippen LogP contribution in [-0.4, -0.2) is 25.7 Å². The van der Waals surface area contributed by atoms with E-state index in [0.717, 1.165) is 9.13 Å². The third-order valence-electron chi connectivity index (χ3n) is 3.11. The summed E-state index contributed by atoms with van der Waals surface area (Å²) in [6, 6.07) is 16.9. The third kappa shape index (κ3) is 7.73. The van der Waals surface area contributed by atoms with E-state index in [4.69, 9.17) is 14.7 Å². The standard InChI is InChI=1S/C18H17IN2O3.ClH/c19-16-7-6-15(11-20)10-17(16)23-9-8-21-12-18(22)24-13-14-4-2-1-3-5-14;/h1-7,10,21H,8-9,12-13H2;1H. The molecule has 132 valence electrons. The van der Waals surface area contributed by atoms with Crippen molar-refractivity contribution in [1.29, 1.82) is 5.26 Å². The molecule has 0 aliphatic rings. The van der Waals surface area contributed by atoms with Gasteiger partial charge in [-0.25, -0.2) is 0 Å². The second-order valence-corrected chi connectivity index (χ2v) is 6.09. The Morgan fingerprint density at radius 2 is 1.96 bits per heavy atom. The normalized spacial score (nSPS) is 9.60. The van der Waals surface area contributed by atoms with Gasteiger partial charge in [0.2, 0.25) is 0 Å². The summed E-state index contributed by atoms with van der Waals surface area (Å²) in [6.07, 6.45) is 0. The van der Waals surface area contributed by atoms with Crippen LogP contribution < -0.4 is 10.1 Å². The summed E-state index contributed by atoms with van der Waals surface area (Å²) in [7, 11) is 0. The second-order valence-electron chi connectivity index (χ2n) is 4.93. The number of esters is 1. The van der Waals surface area contributed by atoms with Crippen LogP contribution in [0.15, 0.2) is 48.5 Å². The third-order valence-corrected chi connectivity index (χ3v) is 4.00. The first-order valence-corrected chi connectivity index (χ1v) is 8.49. The molecule has 0 aliphatic carbocycles. The van der Waals surface area contributed by atoms with E-state index in [-0.39, 0.29) is 31.5 Å². The van der Waals surface area contributed by atoms with Crippen molar-refractivity contribution in [3.05, 3.63) is 63.2 Å². The fourth-order valence-corrected chi connectivity index (χ4v) is 2.39. The fraction of sp³-hybridized carbons (Fsp3) is 0.222. The molecule has 2 rings (SSSR count). The predicted molar refractivity (Wildman–Crippen MR) is 106 cm³/mol. The summed E-state index contributed by atoms with van der Waals surface area (Å²) in [4.78, 5) is 11.6. The molecular weight excluding hydrogens is 455 g/mol. The minimum Gasteiger partial charge on any atom is -0.491 e. The average Bonchev–Trinajstić information content (AvgIpc) is 2.62. The summed E-state index contributed by atoms with van der Waals surface area (Å²) in [5, 5.41) is 11.9. The van der Waals surface area contributed by atoms with Crippen molar-refractivity contribution < 1.29 is 14.3 Å². The lowest BCUT2D eigenvalue weighted by Gasteiger charge is -2.09. The highest BCUT2D eigenvalue weighted by Crippen LogP contribution is 2.21. The zero-order valence-electron chi connectivity index (χ0n) is 13.4. The fourth-order valence-electron chi connectivity index (χ4n) is 1.90. The van der Waals surface area contributed by atoms with Gasteiger partial charge >= 0.3 is 5.97 Å². The number of hydrogen-bond donors (Lipinski definition) is 1. The number of nitrogens with zero attached hydrogens (tertiary/aromatic N) is 1. The van der Waals surface area contributed by atoms with Crippen LogP contribution in [0, 0.1) is 14.9 Å². The molecule has 0 heterocycles. The highest BCUT2D eigenvalue weighted by Gasteiger charge is 2.04. The number of rotatable bonds is 8. The highest BCUT2D eigenvalue weighted by molar-refractivity contribution is 14.1. The molecule has 0 atom stereocenters. The largest absolute Gasteiger partial charge is 0.491 e. The summed E-state index contributed by atoms with van der Waals surface area (Å²) in [5.74, 6) is 0.364. The van der Waals surface area contributed by atoms with Crippen LogP contribution in [0.25, 0.3) is 0 Å². The van der Waals surface area contributed by atoms with Crippen molar-refractivity contribution >= 4 is 41.0 Å². The van der Waals surface area contributed by atoms with Gasteiger partial charge in [-0.3, -0.25) is 4.79 Å². The molecule has 0 amide bonds. The minimum atomic E-state index is -0.306. The lowest BCUT2D eigenvalue weighted by atomic mass is 10.2. The van der Waals surface area contributed by atoms with Crippen LogP contribution in [0.4, 0.5) is 0 Å². The Balaban J connectivity index is 0.00000312. The smallest absolute Gasteiger partial charge is 0.320 e. The van der Waals surface area contributed by atoms with Crippen LogP contribution in [-0.2, 0) is 16.1 Å². The molecule has 25 heavy (non-hydrogen) atoms. The van der Waals surface area contributed by atoms with Crippen LogP contribution >= 0.6 is 35.0 Å². The molecule has 0 aromatic heterocycles. The number of carbonyl (C=O) groups excluding carboxylic acids is 1. The van der Waals surface area contributed by atoms with Crippen LogP contribution in [0.5, 0.6) is 5.75 Å². The zero-order valence-corrected chi connectivity index (χ0v) is 16.4. The number of halogens is 2. The SMILES string of the molecule is Cl.N#Cc1ccc(I)c(OCCNCC(=O)OCc2ccccc2)c1. The number of nitrogens with one attached hydrogen (secondary N) is 1. The second kappa shape index (κ2) is 11.7. The van der Waals surface area contributed by atoms with E-state index in [1.165, 1.54) is 0 Å². The van der Waals surface area contributed by atoms with Gasteiger partial charge in [0.25, 0.3) is 0 Å². The van der Waals surface area contributed by atoms with Gasteiger partial charge in [-0.05, 0) is 46.4 Å². The van der Waals surface area contributed by atoms with E-state index in [1.54, 1.807) is 12.1 Å². The Hall–Kier alpha value is -1.82. The van der Waals surface area contributed by atoms with E-state index >= 15 is 0 Å². The van der Waals surface area contributed by atoms with Gasteiger partial charge in [0.05, 0.1) is 21.7 Å². The van der Waals surface area contributed by atoms with Crippen molar-refractivity contribution in [3.8, 4) is 11.8 Å². The summed E-state index contributed by atoms with van der Waals surface area (Å²) >= 11 is 2.15. The first-order valence-electron chi connectivity index (χ1n) is 7.42. The van der Waals surface area contributed by atoms with Crippen LogP contribution in [0.3, 0.4) is 0 Å². The molecule has 0 saturated heterocycles.